The summed E-state index contributed by atoms with van der Waals surface area (Å²) in [4.78, 5) is 26.3. The summed E-state index contributed by atoms with van der Waals surface area (Å²) in [6.45, 7) is 2.08. The van der Waals surface area contributed by atoms with Crippen molar-refractivity contribution in [2.75, 3.05) is 13.2 Å². The molecule has 2 aromatic heterocycles. The van der Waals surface area contributed by atoms with Gasteiger partial charge in [-0.15, -0.1) is 0 Å². The molecule has 0 bridgehead atoms. The first-order valence-electron chi connectivity index (χ1n) is 6.62. The zero-order chi connectivity index (χ0) is 15.2. The van der Waals surface area contributed by atoms with Crippen molar-refractivity contribution in [2.45, 2.75) is 19.8 Å². The lowest BCUT2D eigenvalue weighted by Crippen LogP contribution is -2.30. The molecular weight excluding hydrogens is 274 g/mol. The monoisotopic (exact) mass is 291 g/mol. The van der Waals surface area contributed by atoms with E-state index in [-0.39, 0.29) is 18.9 Å². The number of nitrogens with one attached hydrogen (secondary N) is 1. The number of imidazole rings is 1. The Balaban J connectivity index is 1.84. The second-order valence-corrected chi connectivity index (χ2v) is 4.62. The number of aryl methyl sites for hydroxylation is 1. The molecule has 2 rings (SSSR count). The number of nitrogens with zero attached hydrogens (tertiary/aromatic N) is 2. The Kier molecular flexibility index (Phi) is 4.76. The highest BCUT2D eigenvalue weighted by Crippen LogP contribution is 2.18. The minimum atomic E-state index is -0.873. The van der Waals surface area contributed by atoms with E-state index in [1.54, 1.807) is 6.07 Å². The number of pyridine rings is 1. The molecule has 0 fully saturated rings. The highest BCUT2D eigenvalue weighted by molar-refractivity contribution is 5.77. The number of carbonyl (C=O) groups excluding carboxylic acids is 1. The highest BCUT2D eigenvalue weighted by Gasteiger charge is 2.08. The van der Waals surface area contributed by atoms with Crippen molar-refractivity contribution >= 4 is 17.5 Å². The van der Waals surface area contributed by atoms with E-state index in [2.05, 4.69) is 10.3 Å². The fraction of sp³-hybridized carbons (Fsp3) is 0.357. The van der Waals surface area contributed by atoms with Crippen molar-refractivity contribution in [3.63, 3.8) is 0 Å². The van der Waals surface area contributed by atoms with Crippen LogP contribution in [0.1, 0.15) is 18.5 Å². The Labute approximate surface area is 121 Å². The molecule has 2 heterocycles. The topological polar surface area (TPSA) is 92.9 Å². The molecule has 0 atom stereocenters. The predicted molar refractivity (Wildman–Crippen MR) is 75.3 cm³/mol. The van der Waals surface area contributed by atoms with E-state index in [1.807, 2.05) is 29.8 Å². The molecule has 7 heteroatoms. The van der Waals surface area contributed by atoms with Gasteiger partial charge in [0.05, 0.1) is 5.69 Å². The first-order chi connectivity index (χ1) is 10.1. The molecule has 0 radical (unpaired) electrons. The fourth-order valence-corrected chi connectivity index (χ4v) is 1.88. The van der Waals surface area contributed by atoms with Crippen LogP contribution in [0.25, 0.3) is 5.65 Å². The van der Waals surface area contributed by atoms with Crippen LogP contribution in [0.3, 0.4) is 0 Å². The number of hydrogen-bond acceptors (Lipinski definition) is 4. The molecular formula is C14H17N3O4. The van der Waals surface area contributed by atoms with Crippen LogP contribution >= 0.6 is 0 Å². The average Bonchev–Trinajstić information content (AvgIpc) is 2.81. The van der Waals surface area contributed by atoms with Crippen molar-refractivity contribution in [1.29, 1.82) is 0 Å². The summed E-state index contributed by atoms with van der Waals surface area (Å²) in [5.74, 6) is -0.626. The summed E-state index contributed by atoms with van der Waals surface area (Å²) < 4.78 is 7.29. The van der Waals surface area contributed by atoms with E-state index >= 15 is 0 Å². The SMILES string of the molecule is Cc1cn2cccc(OCC(=O)NCCCC(=O)O)c2n1. The normalized spacial score (nSPS) is 10.5. The molecule has 0 aromatic carbocycles. The Morgan fingerprint density at radius 1 is 1.48 bits per heavy atom. The summed E-state index contributed by atoms with van der Waals surface area (Å²) in [6, 6.07) is 3.56. The third-order valence-electron chi connectivity index (χ3n) is 2.82. The van der Waals surface area contributed by atoms with E-state index in [0.29, 0.717) is 24.4 Å². The van der Waals surface area contributed by atoms with Crippen LogP contribution < -0.4 is 10.1 Å². The largest absolute Gasteiger partial charge is 0.481 e. The number of amides is 1. The summed E-state index contributed by atoms with van der Waals surface area (Å²) in [5.41, 5.74) is 1.53. The number of carboxylic acid groups (broad SMARTS) is 1. The zero-order valence-corrected chi connectivity index (χ0v) is 11.7. The van der Waals surface area contributed by atoms with Crippen molar-refractivity contribution < 1.29 is 19.4 Å². The van der Waals surface area contributed by atoms with Crippen LogP contribution in [0, 0.1) is 6.92 Å². The summed E-state index contributed by atoms with van der Waals surface area (Å²) in [7, 11) is 0. The zero-order valence-electron chi connectivity index (χ0n) is 11.7. The maximum absolute atomic E-state index is 11.6. The Hall–Kier alpha value is -2.57. The standard InChI is InChI=1S/C14H17N3O4/c1-10-8-17-7-3-4-11(14(17)16-10)21-9-12(18)15-6-2-5-13(19)20/h3-4,7-8H,2,5-6,9H2,1H3,(H,15,18)(H,19,20). The lowest BCUT2D eigenvalue weighted by Gasteiger charge is -2.07. The van der Waals surface area contributed by atoms with Crippen molar-refractivity contribution in [3.8, 4) is 5.75 Å². The van der Waals surface area contributed by atoms with E-state index < -0.39 is 5.97 Å². The number of ether oxygens (including phenoxy) is 1. The number of fused-ring (bicyclic) bond motifs is 1. The second kappa shape index (κ2) is 6.74. The van der Waals surface area contributed by atoms with Crippen LogP contribution in [-0.4, -0.2) is 39.5 Å². The van der Waals surface area contributed by atoms with Crippen LogP contribution in [-0.2, 0) is 9.59 Å². The van der Waals surface area contributed by atoms with Gasteiger partial charge in [-0.25, -0.2) is 4.98 Å². The Morgan fingerprint density at radius 2 is 2.29 bits per heavy atom. The molecule has 0 saturated carbocycles. The third kappa shape index (κ3) is 4.20. The van der Waals surface area contributed by atoms with Gasteiger partial charge in [-0.3, -0.25) is 9.59 Å². The van der Waals surface area contributed by atoms with Crippen LogP contribution in [0.15, 0.2) is 24.5 Å². The summed E-state index contributed by atoms with van der Waals surface area (Å²) in [6.07, 6.45) is 4.16. The molecule has 0 spiro atoms. The Morgan fingerprint density at radius 3 is 3.05 bits per heavy atom. The van der Waals surface area contributed by atoms with E-state index in [0.717, 1.165) is 5.69 Å². The van der Waals surface area contributed by atoms with Gasteiger partial charge in [0.2, 0.25) is 0 Å². The van der Waals surface area contributed by atoms with E-state index in [9.17, 15) is 9.59 Å². The molecule has 2 N–H and O–H groups in total. The number of aliphatic carboxylic acids is 1. The smallest absolute Gasteiger partial charge is 0.303 e. The molecule has 112 valence electrons. The highest BCUT2D eigenvalue weighted by atomic mass is 16.5. The van der Waals surface area contributed by atoms with Crippen LogP contribution in [0.5, 0.6) is 5.75 Å². The van der Waals surface area contributed by atoms with Crippen LogP contribution in [0.2, 0.25) is 0 Å². The molecule has 1 amide bonds. The van der Waals surface area contributed by atoms with Gasteiger partial charge < -0.3 is 19.6 Å². The first-order valence-corrected chi connectivity index (χ1v) is 6.62. The van der Waals surface area contributed by atoms with E-state index in [4.69, 9.17) is 9.84 Å². The quantitative estimate of drug-likeness (QED) is 0.742. The van der Waals surface area contributed by atoms with Gasteiger partial charge in [-0.05, 0) is 25.5 Å². The average molecular weight is 291 g/mol. The van der Waals surface area contributed by atoms with Gasteiger partial charge in [-0.1, -0.05) is 0 Å². The molecule has 0 aliphatic rings. The third-order valence-corrected chi connectivity index (χ3v) is 2.82. The molecule has 7 nitrogen and oxygen atoms in total. The summed E-state index contributed by atoms with van der Waals surface area (Å²) >= 11 is 0. The maximum atomic E-state index is 11.6. The van der Waals surface area contributed by atoms with Gasteiger partial charge in [0.15, 0.2) is 18.0 Å². The van der Waals surface area contributed by atoms with Crippen molar-refractivity contribution in [2.24, 2.45) is 0 Å². The molecule has 2 aromatic rings. The molecule has 21 heavy (non-hydrogen) atoms. The number of aromatic nitrogens is 2. The van der Waals surface area contributed by atoms with E-state index in [1.165, 1.54) is 0 Å². The molecule has 0 saturated heterocycles. The number of hydrogen-bond donors (Lipinski definition) is 2. The van der Waals surface area contributed by atoms with Gasteiger partial charge >= 0.3 is 5.97 Å². The molecule has 0 aliphatic heterocycles. The van der Waals surface area contributed by atoms with Gasteiger partial charge in [-0.2, -0.15) is 0 Å². The Bertz CT molecular complexity index is 651. The summed E-state index contributed by atoms with van der Waals surface area (Å²) in [5, 5.41) is 11.1. The van der Waals surface area contributed by atoms with Crippen molar-refractivity contribution in [1.82, 2.24) is 14.7 Å². The van der Waals surface area contributed by atoms with Crippen LogP contribution in [0.4, 0.5) is 0 Å². The molecule has 0 unspecified atom stereocenters. The predicted octanol–water partition coefficient (Wildman–Crippen LogP) is 1.00. The van der Waals surface area contributed by atoms with Gasteiger partial charge in [0.25, 0.3) is 5.91 Å². The number of carboxylic acids is 1. The lowest BCUT2D eigenvalue weighted by molar-refractivity contribution is -0.137. The van der Waals surface area contributed by atoms with Gasteiger partial charge in [0, 0.05) is 25.4 Å². The second-order valence-electron chi connectivity index (χ2n) is 4.62. The fourth-order valence-electron chi connectivity index (χ4n) is 1.88. The molecule has 0 aliphatic carbocycles. The number of carbonyl (C=O) groups is 2. The minimum Gasteiger partial charge on any atom is -0.481 e. The maximum Gasteiger partial charge on any atom is 0.303 e. The van der Waals surface area contributed by atoms with Gasteiger partial charge in [0.1, 0.15) is 0 Å². The first kappa shape index (κ1) is 14.8. The minimum absolute atomic E-state index is 0.0355. The number of rotatable bonds is 7. The lowest BCUT2D eigenvalue weighted by atomic mass is 10.3. The van der Waals surface area contributed by atoms with Crippen molar-refractivity contribution in [3.05, 3.63) is 30.2 Å².